The Morgan fingerprint density at radius 2 is 2.15 bits per heavy atom. The summed E-state index contributed by atoms with van der Waals surface area (Å²) in [5.41, 5.74) is -0.00579. The van der Waals surface area contributed by atoms with Crippen molar-refractivity contribution in [2.75, 3.05) is 7.11 Å². The molecule has 0 saturated carbocycles. The van der Waals surface area contributed by atoms with Crippen molar-refractivity contribution in [3.63, 3.8) is 0 Å². The van der Waals surface area contributed by atoms with E-state index in [9.17, 15) is 8.78 Å². The van der Waals surface area contributed by atoms with Gasteiger partial charge in [0.05, 0.1) is 7.11 Å². The number of halogens is 3. The average molecular weight is 299 g/mol. The minimum atomic E-state index is -0.647. The molecule has 0 aliphatic heterocycles. The first-order chi connectivity index (χ1) is 6.20. The topological polar surface area (TPSA) is 21.3 Å². The van der Waals surface area contributed by atoms with Crippen molar-refractivity contribution < 1.29 is 13.5 Å². The molecule has 1 N–H and O–H groups in total. The lowest BCUT2D eigenvalue weighted by Gasteiger charge is -2.07. The van der Waals surface area contributed by atoms with Crippen molar-refractivity contribution in [3.05, 3.63) is 29.3 Å². The van der Waals surface area contributed by atoms with Gasteiger partial charge in [0.1, 0.15) is 5.82 Å². The summed E-state index contributed by atoms with van der Waals surface area (Å²) < 4.78 is 33.7. The fourth-order valence-corrected chi connectivity index (χ4v) is 1.34. The maximum absolute atomic E-state index is 13.3. The monoisotopic (exact) mass is 299 g/mol. The van der Waals surface area contributed by atoms with E-state index in [1.807, 2.05) is 22.9 Å². The number of benzene rings is 1. The summed E-state index contributed by atoms with van der Waals surface area (Å²) in [4.78, 5) is 0. The maximum Gasteiger partial charge on any atom is 0.172 e. The Kier molecular flexibility index (Phi) is 3.86. The van der Waals surface area contributed by atoms with Gasteiger partial charge in [-0.05, 0) is 12.1 Å². The zero-order chi connectivity index (χ0) is 9.84. The summed E-state index contributed by atoms with van der Waals surface area (Å²) in [6.07, 6.45) is 0. The van der Waals surface area contributed by atoms with Crippen LogP contribution < -0.4 is 8.27 Å². The van der Waals surface area contributed by atoms with Crippen LogP contribution in [0.1, 0.15) is 5.56 Å². The Labute approximate surface area is 88.8 Å². The van der Waals surface area contributed by atoms with Crippen LogP contribution in [0.25, 0.3) is 0 Å². The second kappa shape index (κ2) is 4.71. The number of hydrogen-bond acceptors (Lipinski definition) is 2. The third-order valence-corrected chi connectivity index (χ3v) is 2.00. The van der Waals surface area contributed by atoms with Gasteiger partial charge in [-0.15, -0.1) is 0 Å². The molecule has 0 spiro atoms. The minimum Gasteiger partial charge on any atom is -0.494 e. The second-order valence-electron chi connectivity index (χ2n) is 2.35. The van der Waals surface area contributed by atoms with E-state index in [1.54, 1.807) is 0 Å². The molecule has 0 aliphatic rings. The molecule has 0 aliphatic carbocycles. The molecule has 1 aromatic carbocycles. The molecule has 0 radical (unpaired) electrons. The lowest BCUT2D eigenvalue weighted by molar-refractivity contribution is 0.380. The van der Waals surface area contributed by atoms with Crippen LogP contribution in [0, 0.1) is 11.6 Å². The van der Waals surface area contributed by atoms with Crippen LogP contribution in [0.15, 0.2) is 12.1 Å². The zero-order valence-corrected chi connectivity index (χ0v) is 9.06. The number of rotatable bonds is 3. The predicted molar refractivity (Wildman–Crippen MR) is 53.8 cm³/mol. The van der Waals surface area contributed by atoms with Gasteiger partial charge in [0.2, 0.25) is 0 Å². The summed E-state index contributed by atoms with van der Waals surface area (Å²) in [7, 11) is 1.34. The molecule has 72 valence electrons. The number of methoxy groups -OCH3 is 1. The van der Waals surface area contributed by atoms with E-state index in [0.717, 1.165) is 0 Å². The van der Waals surface area contributed by atoms with E-state index in [1.165, 1.54) is 19.2 Å². The van der Waals surface area contributed by atoms with Crippen molar-refractivity contribution in [1.29, 1.82) is 0 Å². The molecule has 1 rings (SSSR count). The largest absolute Gasteiger partial charge is 0.494 e. The van der Waals surface area contributed by atoms with Crippen molar-refractivity contribution in [1.82, 2.24) is 3.53 Å². The molecule has 1 aromatic rings. The van der Waals surface area contributed by atoms with E-state index in [0.29, 0.717) is 0 Å². The molecule has 0 aromatic heterocycles. The molecule has 0 atom stereocenters. The van der Waals surface area contributed by atoms with Crippen LogP contribution >= 0.6 is 22.9 Å². The molecule has 0 amide bonds. The first-order valence-electron chi connectivity index (χ1n) is 3.55. The Balaban J connectivity index is 3.13. The van der Waals surface area contributed by atoms with E-state index < -0.39 is 11.6 Å². The minimum absolute atomic E-state index is 0.00579. The highest BCUT2D eigenvalue weighted by Gasteiger charge is 2.12. The quantitative estimate of drug-likeness (QED) is 0.683. The molecule has 0 heterocycles. The van der Waals surface area contributed by atoms with Gasteiger partial charge in [0, 0.05) is 35.0 Å². The van der Waals surface area contributed by atoms with Crippen LogP contribution in [0.4, 0.5) is 8.78 Å². The van der Waals surface area contributed by atoms with Crippen molar-refractivity contribution in [3.8, 4) is 5.75 Å². The summed E-state index contributed by atoms with van der Waals surface area (Å²) in [5, 5.41) is 0. The smallest absolute Gasteiger partial charge is 0.172 e. The molecule has 0 unspecified atom stereocenters. The average Bonchev–Trinajstić information content (AvgIpc) is 2.12. The van der Waals surface area contributed by atoms with Crippen LogP contribution in [0.3, 0.4) is 0 Å². The lowest BCUT2D eigenvalue weighted by atomic mass is 10.2. The lowest BCUT2D eigenvalue weighted by Crippen LogP contribution is -2.05. The fraction of sp³-hybridized carbons (Fsp3) is 0.250. The number of ether oxygens (including phenoxy) is 1. The Bertz CT molecular complexity index is 306. The molecule has 13 heavy (non-hydrogen) atoms. The predicted octanol–water partition coefficient (Wildman–Crippen LogP) is 2.41. The van der Waals surface area contributed by atoms with Crippen LogP contribution in [-0.4, -0.2) is 7.11 Å². The van der Waals surface area contributed by atoms with E-state index in [-0.39, 0.29) is 17.9 Å². The van der Waals surface area contributed by atoms with Gasteiger partial charge in [-0.25, -0.2) is 8.78 Å². The van der Waals surface area contributed by atoms with Gasteiger partial charge < -0.3 is 4.74 Å². The Morgan fingerprint density at radius 3 is 2.69 bits per heavy atom. The van der Waals surface area contributed by atoms with Gasteiger partial charge in [0.15, 0.2) is 11.6 Å². The molecule has 0 saturated heterocycles. The SMILES string of the molecule is COc1ccc(F)c(CNI)c1F. The fourth-order valence-electron chi connectivity index (χ4n) is 0.963. The summed E-state index contributed by atoms with van der Waals surface area (Å²) >= 11 is 1.82. The maximum atomic E-state index is 13.3. The van der Waals surface area contributed by atoms with Gasteiger partial charge in [-0.3, -0.25) is 3.53 Å². The second-order valence-corrected chi connectivity index (χ2v) is 3.12. The Hall–Kier alpha value is -0.430. The van der Waals surface area contributed by atoms with Crippen LogP contribution in [0.5, 0.6) is 5.75 Å². The first kappa shape index (κ1) is 10.6. The van der Waals surface area contributed by atoms with Crippen LogP contribution in [-0.2, 0) is 6.54 Å². The highest BCUT2D eigenvalue weighted by atomic mass is 127. The first-order valence-corrected chi connectivity index (χ1v) is 4.63. The molecule has 0 fully saturated rings. The van der Waals surface area contributed by atoms with Crippen LogP contribution in [0.2, 0.25) is 0 Å². The molecule has 2 nitrogen and oxygen atoms in total. The summed E-state index contributed by atoms with van der Waals surface area (Å²) in [6.45, 7) is 0.134. The summed E-state index contributed by atoms with van der Waals surface area (Å²) in [5.74, 6) is -1.16. The van der Waals surface area contributed by atoms with Gasteiger partial charge in [-0.1, -0.05) is 0 Å². The molecule has 0 bridgehead atoms. The number of nitrogens with one attached hydrogen (secondary N) is 1. The number of hydrogen-bond donors (Lipinski definition) is 1. The summed E-state index contributed by atoms with van der Waals surface area (Å²) in [6, 6.07) is 2.45. The van der Waals surface area contributed by atoms with E-state index in [2.05, 4.69) is 3.53 Å². The Morgan fingerprint density at radius 1 is 1.46 bits per heavy atom. The molecular formula is C8H8F2INO. The van der Waals surface area contributed by atoms with Crippen molar-refractivity contribution in [2.45, 2.75) is 6.54 Å². The van der Waals surface area contributed by atoms with Gasteiger partial charge in [0.25, 0.3) is 0 Å². The highest BCUT2D eigenvalue weighted by Crippen LogP contribution is 2.22. The van der Waals surface area contributed by atoms with E-state index in [4.69, 9.17) is 4.74 Å². The van der Waals surface area contributed by atoms with Gasteiger partial charge >= 0.3 is 0 Å². The van der Waals surface area contributed by atoms with Gasteiger partial charge in [-0.2, -0.15) is 0 Å². The molecule has 5 heteroatoms. The normalized spacial score (nSPS) is 10.2. The zero-order valence-electron chi connectivity index (χ0n) is 6.90. The standard InChI is InChI=1S/C8H8F2INO/c1-13-7-3-2-6(9)5(4-12-11)8(7)10/h2-3,12H,4H2,1H3. The highest BCUT2D eigenvalue weighted by molar-refractivity contribution is 14.1. The van der Waals surface area contributed by atoms with Crippen molar-refractivity contribution >= 4 is 22.9 Å². The van der Waals surface area contributed by atoms with E-state index >= 15 is 0 Å². The van der Waals surface area contributed by atoms with Crippen molar-refractivity contribution in [2.24, 2.45) is 0 Å². The third kappa shape index (κ3) is 2.28. The third-order valence-electron chi connectivity index (χ3n) is 1.61. The molecular weight excluding hydrogens is 291 g/mol.